The molecule has 0 radical (unpaired) electrons. The van der Waals surface area contributed by atoms with Crippen molar-refractivity contribution in [3.8, 4) is 5.69 Å². The summed E-state index contributed by atoms with van der Waals surface area (Å²) in [6, 6.07) is 9.94. The van der Waals surface area contributed by atoms with Gasteiger partial charge in [-0.3, -0.25) is 0 Å². The second-order valence-electron chi connectivity index (χ2n) is 3.84. The van der Waals surface area contributed by atoms with E-state index in [1.54, 1.807) is 11.0 Å². The maximum atomic E-state index is 3.90. The van der Waals surface area contributed by atoms with E-state index in [1.165, 1.54) is 5.56 Å². The number of benzene rings is 1. The van der Waals surface area contributed by atoms with Crippen molar-refractivity contribution in [3.63, 3.8) is 0 Å². The average Bonchev–Trinajstić information content (AvgIpc) is 3.10. The highest BCUT2D eigenvalue weighted by molar-refractivity contribution is 5.60. The van der Waals surface area contributed by atoms with Crippen LogP contribution in [0.2, 0.25) is 0 Å². The molecule has 0 saturated carbocycles. The van der Waals surface area contributed by atoms with Crippen molar-refractivity contribution in [1.82, 2.24) is 25.2 Å². The summed E-state index contributed by atoms with van der Waals surface area (Å²) in [5.74, 6) is 0. The number of tetrazole rings is 1. The second kappa shape index (κ2) is 4.70. The first-order valence-corrected chi connectivity index (χ1v) is 5.61. The molecular weight excluding hydrogens is 228 g/mol. The van der Waals surface area contributed by atoms with Crippen molar-refractivity contribution in [1.29, 1.82) is 0 Å². The number of anilines is 1. The maximum Gasteiger partial charge on any atom is 0.143 e. The molecule has 0 aliphatic carbocycles. The summed E-state index contributed by atoms with van der Waals surface area (Å²) in [4.78, 5) is 3.03. The van der Waals surface area contributed by atoms with Crippen LogP contribution in [0.15, 0.2) is 49.1 Å². The first kappa shape index (κ1) is 10.5. The Balaban J connectivity index is 1.84. The Hall–Kier alpha value is -2.63. The Morgan fingerprint density at radius 2 is 2.17 bits per heavy atom. The Kier molecular flexibility index (Phi) is 2.75. The molecule has 3 aromatic rings. The van der Waals surface area contributed by atoms with E-state index in [9.17, 15) is 0 Å². The summed E-state index contributed by atoms with van der Waals surface area (Å²) in [7, 11) is 0. The molecule has 0 bridgehead atoms. The lowest BCUT2D eigenvalue weighted by atomic mass is 10.2. The first-order chi connectivity index (χ1) is 8.93. The first-order valence-electron chi connectivity index (χ1n) is 5.61. The quantitative estimate of drug-likeness (QED) is 0.726. The van der Waals surface area contributed by atoms with Gasteiger partial charge in [0.2, 0.25) is 0 Å². The number of hydrogen-bond donors (Lipinski definition) is 2. The van der Waals surface area contributed by atoms with Crippen LogP contribution in [0.5, 0.6) is 0 Å². The third-order valence-corrected chi connectivity index (χ3v) is 2.65. The third-order valence-electron chi connectivity index (χ3n) is 2.65. The third kappa shape index (κ3) is 2.08. The Morgan fingerprint density at radius 3 is 2.94 bits per heavy atom. The zero-order valence-corrected chi connectivity index (χ0v) is 9.61. The SMILES string of the molecule is c1ccc(-n2cnnn2)c(NCc2cc[nH]c2)c1. The molecule has 2 aromatic heterocycles. The van der Waals surface area contributed by atoms with E-state index >= 15 is 0 Å². The molecule has 2 N–H and O–H groups in total. The highest BCUT2D eigenvalue weighted by Crippen LogP contribution is 2.19. The van der Waals surface area contributed by atoms with Crippen LogP contribution in [-0.2, 0) is 6.54 Å². The van der Waals surface area contributed by atoms with Crippen LogP contribution in [0.25, 0.3) is 5.69 Å². The van der Waals surface area contributed by atoms with Crippen molar-refractivity contribution in [3.05, 3.63) is 54.6 Å². The van der Waals surface area contributed by atoms with Crippen LogP contribution in [0.4, 0.5) is 5.69 Å². The molecule has 18 heavy (non-hydrogen) atoms. The molecule has 0 aliphatic rings. The van der Waals surface area contributed by atoms with Crippen molar-refractivity contribution in [2.75, 3.05) is 5.32 Å². The number of aromatic nitrogens is 5. The van der Waals surface area contributed by atoms with Gasteiger partial charge in [0.15, 0.2) is 0 Å². The Bertz CT molecular complexity index is 599. The molecule has 6 nitrogen and oxygen atoms in total. The Morgan fingerprint density at radius 1 is 1.22 bits per heavy atom. The van der Waals surface area contributed by atoms with E-state index in [0.29, 0.717) is 0 Å². The van der Waals surface area contributed by atoms with Gasteiger partial charge in [0.05, 0.1) is 11.4 Å². The van der Waals surface area contributed by atoms with E-state index < -0.39 is 0 Å². The van der Waals surface area contributed by atoms with E-state index in [0.717, 1.165) is 17.9 Å². The second-order valence-corrected chi connectivity index (χ2v) is 3.84. The number of para-hydroxylation sites is 2. The number of nitrogens with zero attached hydrogens (tertiary/aromatic N) is 4. The molecular formula is C12H12N6. The molecule has 0 saturated heterocycles. The number of rotatable bonds is 4. The maximum absolute atomic E-state index is 3.90. The monoisotopic (exact) mass is 240 g/mol. The summed E-state index contributed by atoms with van der Waals surface area (Å²) in [6.45, 7) is 0.753. The zero-order chi connectivity index (χ0) is 12.2. The van der Waals surface area contributed by atoms with E-state index in [1.807, 2.05) is 42.7 Å². The topological polar surface area (TPSA) is 71.4 Å². The van der Waals surface area contributed by atoms with Crippen LogP contribution in [0.3, 0.4) is 0 Å². The smallest absolute Gasteiger partial charge is 0.143 e. The van der Waals surface area contributed by atoms with Crippen molar-refractivity contribution in [2.24, 2.45) is 0 Å². The van der Waals surface area contributed by atoms with Gasteiger partial charge < -0.3 is 10.3 Å². The lowest BCUT2D eigenvalue weighted by Crippen LogP contribution is -2.04. The molecule has 0 aliphatic heterocycles. The van der Waals surface area contributed by atoms with Crippen molar-refractivity contribution < 1.29 is 0 Å². The minimum Gasteiger partial charge on any atom is -0.379 e. The molecule has 0 spiro atoms. The van der Waals surface area contributed by atoms with Crippen LogP contribution < -0.4 is 5.32 Å². The van der Waals surface area contributed by atoms with Gasteiger partial charge in [-0.1, -0.05) is 12.1 Å². The standard InChI is InChI=1S/C12H12N6/c1-2-4-12(18-9-15-16-17-18)11(3-1)14-8-10-5-6-13-7-10/h1-7,9,13-14H,8H2. The lowest BCUT2D eigenvalue weighted by molar-refractivity contribution is 0.789. The normalized spacial score (nSPS) is 10.4. The lowest BCUT2D eigenvalue weighted by Gasteiger charge is -2.10. The van der Waals surface area contributed by atoms with Gasteiger partial charge in [-0.25, -0.2) is 0 Å². The number of hydrogen-bond acceptors (Lipinski definition) is 4. The van der Waals surface area contributed by atoms with Crippen molar-refractivity contribution >= 4 is 5.69 Å². The minimum atomic E-state index is 0.753. The van der Waals surface area contributed by atoms with Gasteiger partial charge >= 0.3 is 0 Å². The van der Waals surface area contributed by atoms with Crippen LogP contribution in [0.1, 0.15) is 5.56 Å². The van der Waals surface area contributed by atoms with Crippen LogP contribution in [-0.4, -0.2) is 25.2 Å². The predicted octanol–water partition coefficient (Wildman–Crippen LogP) is 1.60. The number of nitrogens with one attached hydrogen (secondary N) is 2. The predicted molar refractivity (Wildman–Crippen MR) is 67.3 cm³/mol. The summed E-state index contributed by atoms with van der Waals surface area (Å²) in [5, 5.41) is 14.6. The molecule has 6 heteroatoms. The molecule has 0 fully saturated rings. The number of H-pyrrole nitrogens is 1. The number of aromatic amines is 1. The molecule has 3 rings (SSSR count). The fourth-order valence-corrected chi connectivity index (χ4v) is 1.76. The van der Waals surface area contributed by atoms with Crippen molar-refractivity contribution in [2.45, 2.75) is 6.54 Å². The molecule has 90 valence electrons. The van der Waals surface area contributed by atoms with Gasteiger partial charge in [-0.2, -0.15) is 4.68 Å². The fourth-order valence-electron chi connectivity index (χ4n) is 1.76. The van der Waals surface area contributed by atoms with E-state index in [-0.39, 0.29) is 0 Å². The van der Waals surface area contributed by atoms with Gasteiger partial charge in [0.25, 0.3) is 0 Å². The summed E-state index contributed by atoms with van der Waals surface area (Å²) in [6.07, 6.45) is 5.45. The van der Waals surface area contributed by atoms with Crippen LogP contribution in [0, 0.1) is 0 Å². The minimum absolute atomic E-state index is 0.753. The van der Waals surface area contributed by atoms with Gasteiger partial charge in [-0.15, -0.1) is 5.10 Å². The Labute approximate surface area is 104 Å². The molecule has 1 aromatic carbocycles. The van der Waals surface area contributed by atoms with Gasteiger partial charge in [0.1, 0.15) is 6.33 Å². The van der Waals surface area contributed by atoms with Gasteiger partial charge in [-0.05, 0) is 34.2 Å². The highest BCUT2D eigenvalue weighted by Gasteiger charge is 2.04. The zero-order valence-electron chi connectivity index (χ0n) is 9.61. The molecule has 2 heterocycles. The van der Waals surface area contributed by atoms with E-state index in [2.05, 4.69) is 25.8 Å². The summed E-state index contributed by atoms with van der Waals surface area (Å²) < 4.78 is 1.64. The van der Waals surface area contributed by atoms with Crippen LogP contribution >= 0.6 is 0 Å². The molecule has 0 unspecified atom stereocenters. The van der Waals surface area contributed by atoms with E-state index in [4.69, 9.17) is 0 Å². The largest absolute Gasteiger partial charge is 0.379 e. The summed E-state index contributed by atoms with van der Waals surface area (Å²) >= 11 is 0. The molecule has 0 atom stereocenters. The van der Waals surface area contributed by atoms with Gasteiger partial charge in [0, 0.05) is 18.9 Å². The average molecular weight is 240 g/mol. The fraction of sp³-hybridized carbons (Fsp3) is 0.0833. The summed E-state index contributed by atoms with van der Waals surface area (Å²) in [5.41, 5.74) is 3.12. The molecule has 0 amide bonds. The highest BCUT2D eigenvalue weighted by atomic mass is 15.5.